The molecule has 3 rings (SSSR count). The van der Waals surface area contributed by atoms with Crippen LogP contribution in [0.1, 0.15) is 37.9 Å². The monoisotopic (exact) mass is 300 g/mol. The molecule has 4 heteroatoms. The van der Waals surface area contributed by atoms with Gasteiger partial charge in [-0.2, -0.15) is 0 Å². The van der Waals surface area contributed by atoms with Crippen molar-refractivity contribution in [1.82, 2.24) is 10.3 Å². The third kappa shape index (κ3) is 2.63. The summed E-state index contributed by atoms with van der Waals surface area (Å²) in [5.74, 6) is 0.0517. The van der Waals surface area contributed by atoms with E-state index < -0.39 is 5.41 Å². The van der Waals surface area contributed by atoms with Gasteiger partial charge in [0.1, 0.15) is 0 Å². The Bertz CT molecular complexity index is 681. The third-order valence-electron chi connectivity index (χ3n) is 4.60. The number of aromatic amines is 1. The van der Waals surface area contributed by atoms with Gasteiger partial charge in [0.05, 0.1) is 11.5 Å². The minimum Gasteiger partial charge on any atom is -0.376 e. The van der Waals surface area contributed by atoms with Crippen LogP contribution in [0, 0.1) is 6.92 Å². The fraction of sp³-hybridized carbons (Fsp3) is 0.500. The van der Waals surface area contributed by atoms with E-state index in [4.69, 9.17) is 4.74 Å². The highest BCUT2D eigenvalue weighted by Gasteiger charge is 2.34. The number of hydrogen-bond acceptors (Lipinski definition) is 2. The van der Waals surface area contributed by atoms with Gasteiger partial charge in [-0.25, -0.2) is 0 Å². The van der Waals surface area contributed by atoms with Gasteiger partial charge in [0, 0.05) is 29.7 Å². The number of para-hydroxylation sites is 1. The van der Waals surface area contributed by atoms with E-state index in [0.29, 0.717) is 6.54 Å². The highest BCUT2D eigenvalue weighted by atomic mass is 16.5. The molecular formula is C18H24N2O2. The van der Waals surface area contributed by atoms with Crippen LogP contribution >= 0.6 is 0 Å². The fourth-order valence-electron chi connectivity index (χ4n) is 3.43. The second-order valence-corrected chi connectivity index (χ2v) is 6.64. The third-order valence-corrected chi connectivity index (χ3v) is 4.60. The molecule has 1 atom stereocenters. The molecule has 0 bridgehead atoms. The van der Waals surface area contributed by atoms with E-state index in [1.54, 1.807) is 0 Å². The summed E-state index contributed by atoms with van der Waals surface area (Å²) in [5, 5.41) is 4.19. The predicted molar refractivity (Wildman–Crippen MR) is 88.0 cm³/mol. The molecule has 1 aromatic heterocycles. The number of H-pyrrole nitrogens is 1. The van der Waals surface area contributed by atoms with Gasteiger partial charge in [-0.05, 0) is 45.2 Å². The van der Waals surface area contributed by atoms with Crippen molar-refractivity contribution >= 4 is 16.8 Å². The molecule has 1 saturated heterocycles. The van der Waals surface area contributed by atoms with Crippen LogP contribution in [-0.2, 0) is 14.9 Å². The number of nitrogens with one attached hydrogen (secondary N) is 2. The molecule has 4 nitrogen and oxygen atoms in total. The fourth-order valence-corrected chi connectivity index (χ4v) is 3.43. The van der Waals surface area contributed by atoms with Gasteiger partial charge in [0.25, 0.3) is 0 Å². The van der Waals surface area contributed by atoms with Gasteiger partial charge in [0.15, 0.2) is 0 Å². The van der Waals surface area contributed by atoms with Crippen molar-refractivity contribution < 1.29 is 9.53 Å². The first kappa shape index (κ1) is 15.1. The molecule has 1 unspecified atom stereocenters. The van der Waals surface area contributed by atoms with Crippen LogP contribution in [0.3, 0.4) is 0 Å². The SMILES string of the molecule is Cc1[nH]c2ccccc2c1C(C)(C)C(=O)NCC1CCCO1. The lowest BCUT2D eigenvalue weighted by Crippen LogP contribution is -2.43. The Morgan fingerprint density at radius 3 is 2.91 bits per heavy atom. The average molecular weight is 300 g/mol. The standard InChI is InChI=1S/C18H24N2O2/c1-12-16(14-8-4-5-9-15(14)20-12)18(2,3)17(21)19-11-13-7-6-10-22-13/h4-5,8-9,13,20H,6-7,10-11H2,1-3H3,(H,19,21). The first-order chi connectivity index (χ1) is 10.5. The second kappa shape index (κ2) is 5.76. The number of carbonyl (C=O) groups excluding carboxylic acids is 1. The Hall–Kier alpha value is -1.81. The quantitative estimate of drug-likeness (QED) is 0.912. The van der Waals surface area contributed by atoms with Crippen molar-refractivity contribution in [1.29, 1.82) is 0 Å². The summed E-state index contributed by atoms with van der Waals surface area (Å²) in [6.45, 7) is 7.42. The van der Waals surface area contributed by atoms with Crippen molar-refractivity contribution in [2.45, 2.75) is 45.1 Å². The predicted octanol–water partition coefficient (Wildman–Crippen LogP) is 3.05. The van der Waals surface area contributed by atoms with Crippen molar-refractivity contribution in [3.8, 4) is 0 Å². The first-order valence-corrected chi connectivity index (χ1v) is 7.98. The molecule has 2 heterocycles. The highest BCUT2D eigenvalue weighted by molar-refractivity contribution is 5.95. The summed E-state index contributed by atoms with van der Waals surface area (Å²) in [4.78, 5) is 16.1. The number of aryl methyl sites for hydroxylation is 1. The van der Waals surface area contributed by atoms with Crippen LogP contribution in [-0.4, -0.2) is 30.1 Å². The molecule has 0 saturated carbocycles. The average Bonchev–Trinajstić information content (AvgIpc) is 3.10. The van der Waals surface area contributed by atoms with Crippen LogP contribution in [0.4, 0.5) is 0 Å². The molecule has 1 aliphatic rings. The summed E-state index contributed by atoms with van der Waals surface area (Å²) in [6.07, 6.45) is 2.29. The normalized spacial score (nSPS) is 18.8. The smallest absolute Gasteiger partial charge is 0.230 e. The molecule has 22 heavy (non-hydrogen) atoms. The molecule has 118 valence electrons. The lowest BCUT2D eigenvalue weighted by molar-refractivity contribution is -0.126. The number of benzene rings is 1. The Kier molecular flexibility index (Phi) is 3.96. The topological polar surface area (TPSA) is 54.1 Å². The zero-order valence-corrected chi connectivity index (χ0v) is 13.5. The number of aromatic nitrogens is 1. The highest BCUT2D eigenvalue weighted by Crippen LogP contribution is 2.33. The van der Waals surface area contributed by atoms with E-state index >= 15 is 0 Å². The Morgan fingerprint density at radius 1 is 1.41 bits per heavy atom. The lowest BCUT2D eigenvalue weighted by Gasteiger charge is -2.25. The Morgan fingerprint density at radius 2 is 2.18 bits per heavy atom. The van der Waals surface area contributed by atoms with E-state index in [-0.39, 0.29) is 12.0 Å². The van der Waals surface area contributed by atoms with Crippen LogP contribution < -0.4 is 5.32 Å². The van der Waals surface area contributed by atoms with E-state index in [1.165, 1.54) is 0 Å². The molecular weight excluding hydrogens is 276 g/mol. The largest absolute Gasteiger partial charge is 0.376 e. The van der Waals surface area contributed by atoms with Gasteiger partial charge in [-0.15, -0.1) is 0 Å². The summed E-state index contributed by atoms with van der Waals surface area (Å²) in [5.41, 5.74) is 2.63. The number of fused-ring (bicyclic) bond motifs is 1. The summed E-state index contributed by atoms with van der Waals surface area (Å²) >= 11 is 0. The Balaban J connectivity index is 1.83. The van der Waals surface area contributed by atoms with Gasteiger partial charge >= 0.3 is 0 Å². The van der Waals surface area contributed by atoms with E-state index in [0.717, 1.165) is 41.6 Å². The van der Waals surface area contributed by atoms with Crippen LogP contribution in [0.2, 0.25) is 0 Å². The number of amides is 1. The molecule has 1 fully saturated rings. The van der Waals surface area contributed by atoms with Crippen molar-refractivity contribution in [3.63, 3.8) is 0 Å². The minimum absolute atomic E-state index is 0.0517. The Labute approximate surface area is 131 Å². The number of carbonyl (C=O) groups is 1. The van der Waals surface area contributed by atoms with Crippen LogP contribution in [0.5, 0.6) is 0 Å². The van der Waals surface area contributed by atoms with Gasteiger partial charge in [-0.1, -0.05) is 18.2 Å². The minimum atomic E-state index is -0.581. The molecule has 1 aromatic carbocycles. The van der Waals surface area contributed by atoms with Gasteiger partial charge < -0.3 is 15.0 Å². The van der Waals surface area contributed by atoms with Crippen molar-refractivity contribution in [3.05, 3.63) is 35.5 Å². The second-order valence-electron chi connectivity index (χ2n) is 6.64. The lowest BCUT2D eigenvalue weighted by atomic mass is 9.81. The van der Waals surface area contributed by atoms with Crippen molar-refractivity contribution in [2.24, 2.45) is 0 Å². The molecule has 0 radical (unpaired) electrons. The van der Waals surface area contributed by atoms with E-state index in [9.17, 15) is 4.79 Å². The summed E-state index contributed by atoms with van der Waals surface area (Å²) in [7, 11) is 0. The van der Waals surface area contributed by atoms with E-state index in [1.807, 2.05) is 39.0 Å². The van der Waals surface area contributed by atoms with E-state index in [2.05, 4.69) is 16.4 Å². The molecule has 0 aliphatic carbocycles. The summed E-state index contributed by atoms with van der Waals surface area (Å²) in [6, 6.07) is 8.14. The number of ether oxygens (including phenoxy) is 1. The maximum absolute atomic E-state index is 12.7. The number of hydrogen-bond donors (Lipinski definition) is 2. The molecule has 0 spiro atoms. The molecule has 2 aromatic rings. The van der Waals surface area contributed by atoms with Gasteiger partial charge in [-0.3, -0.25) is 4.79 Å². The first-order valence-electron chi connectivity index (χ1n) is 7.98. The maximum Gasteiger partial charge on any atom is 0.230 e. The summed E-state index contributed by atoms with van der Waals surface area (Å²) < 4.78 is 5.58. The molecule has 1 amide bonds. The molecule has 1 aliphatic heterocycles. The van der Waals surface area contributed by atoms with Gasteiger partial charge in [0.2, 0.25) is 5.91 Å². The van der Waals surface area contributed by atoms with Crippen LogP contribution in [0.25, 0.3) is 10.9 Å². The maximum atomic E-state index is 12.7. The van der Waals surface area contributed by atoms with Crippen LogP contribution in [0.15, 0.2) is 24.3 Å². The molecule has 2 N–H and O–H groups in total. The zero-order valence-electron chi connectivity index (χ0n) is 13.5. The van der Waals surface area contributed by atoms with Crippen molar-refractivity contribution in [2.75, 3.05) is 13.2 Å². The zero-order chi connectivity index (χ0) is 15.7. The number of rotatable bonds is 4.